The Morgan fingerprint density at radius 2 is 1.74 bits per heavy atom. The van der Waals surface area contributed by atoms with E-state index in [1.54, 1.807) is 13.0 Å². The summed E-state index contributed by atoms with van der Waals surface area (Å²) in [5.74, 6) is 0.527. The second-order valence-corrected chi connectivity index (χ2v) is 9.28. The quantitative estimate of drug-likeness (QED) is 0.577. The first-order valence-corrected chi connectivity index (χ1v) is 10.5. The molecule has 1 saturated heterocycles. The van der Waals surface area contributed by atoms with E-state index in [4.69, 9.17) is 0 Å². The summed E-state index contributed by atoms with van der Waals surface area (Å²) >= 11 is 0. The molecule has 0 N–H and O–H groups in total. The minimum Gasteiger partial charge on any atom is -0.258 e. The zero-order chi connectivity index (χ0) is 19.8. The molecule has 1 aliphatic heterocycles. The van der Waals surface area contributed by atoms with E-state index in [0.717, 1.165) is 5.56 Å². The molecule has 6 nitrogen and oxygen atoms in total. The smallest absolute Gasteiger partial charge is 0.258 e. The summed E-state index contributed by atoms with van der Waals surface area (Å²) in [5.41, 5.74) is 1.20. The second-order valence-electron chi connectivity index (χ2n) is 7.42. The third-order valence-corrected chi connectivity index (χ3v) is 7.39. The molecule has 2 aromatic rings. The molecule has 0 spiro atoms. The van der Waals surface area contributed by atoms with Crippen LogP contribution >= 0.6 is 0 Å². The lowest BCUT2D eigenvalue weighted by molar-refractivity contribution is -0.387. The summed E-state index contributed by atoms with van der Waals surface area (Å²) in [6.45, 7) is 6.20. The fourth-order valence-electron chi connectivity index (χ4n) is 3.65. The summed E-state index contributed by atoms with van der Waals surface area (Å²) in [6, 6.07) is 13.4. The Morgan fingerprint density at radius 1 is 1.07 bits per heavy atom. The van der Waals surface area contributed by atoms with E-state index in [1.165, 1.54) is 16.4 Å². The Kier molecular flexibility index (Phi) is 5.35. The highest BCUT2D eigenvalue weighted by Gasteiger charge is 2.41. The van der Waals surface area contributed by atoms with Crippen molar-refractivity contribution in [2.45, 2.75) is 38.1 Å². The highest BCUT2D eigenvalue weighted by molar-refractivity contribution is 7.89. The summed E-state index contributed by atoms with van der Waals surface area (Å²) < 4.78 is 28.4. The Morgan fingerprint density at radius 3 is 2.37 bits per heavy atom. The van der Waals surface area contributed by atoms with Crippen LogP contribution in [-0.2, 0) is 10.0 Å². The third-order valence-electron chi connectivity index (χ3n) is 5.46. The van der Waals surface area contributed by atoms with Crippen LogP contribution in [0.3, 0.4) is 0 Å². The number of nitro groups is 1. The van der Waals surface area contributed by atoms with Gasteiger partial charge in [0.1, 0.15) is 0 Å². The molecule has 0 bridgehead atoms. The lowest BCUT2D eigenvalue weighted by Crippen LogP contribution is -2.44. The van der Waals surface area contributed by atoms with E-state index < -0.39 is 14.9 Å². The van der Waals surface area contributed by atoms with Gasteiger partial charge in [-0.3, -0.25) is 10.1 Å². The fourth-order valence-corrected chi connectivity index (χ4v) is 5.52. The van der Waals surface area contributed by atoms with E-state index >= 15 is 0 Å². The molecule has 0 radical (unpaired) electrons. The largest absolute Gasteiger partial charge is 0.289 e. The third kappa shape index (κ3) is 3.75. The van der Waals surface area contributed by atoms with Crippen LogP contribution in [0.25, 0.3) is 0 Å². The van der Waals surface area contributed by atoms with E-state index in [2.05, 4.69) is 6.92 Å². The van der Waals surface area contributed by atoms with Crippen molar-refractivity contribution in [2.24, 2.45) is 11.8 Å². The molecular formula is C20H24N2O4S. The first-order valence-electron chi connectivity index (χ1n) is 9.03. The number of hydrogen-bond donors (Lipinski definition) is 0. The number of benzene rings is 2. The Hall–Kier alpha value is -2.25. The molecule has 0 amide bonds. The SMILES string of the molecule is Cc1ccc(S(=O)(=O)N2CC(C)C(C)CC2c2ccccc2)c([N+](=O)[O-])c1. The lowest BCUT2D eigenvalue weighted by Gasteiger charge is -2.41. The second kappa shape index (κ2) is 7.40. The molecular weight excluding hydrogens is 364 g/mol. The number of rotatable bonds is 4. The van der Waals surface area contributed by atoms with Crippen LogP contribution in [0.1, 0.15) is 37.4 Å². The van der Waals surface area contributed by atoms with Gasteiger partial charge in [-0.1, -0.05) is 50.2 Å². The molecule has 1 heterocycles. The van der Waals surface area contributed by atoms with Crippen molar-refractivity contribution < 1.29 is 13.3 Å². The van der Waals surface area contributed by atoms with E-state index in [0.29, 0.717) is 24.4 Å². The molecule has 3 atom stereocenters. The maximum atomic E-state index is 13.5. The maximum absolute atomic E-state index is 13.5. The summed E-state index contributed by atoms with van der Waals surface area (Å²) in [4.78, 5) is 10.6. The first-order chi connectivity index (χ1) is 12.7. The van der Waals surface area contributed by atoms with Gasteiger partial charge in [-0.15, -0.1) is 0 Å². The van der Waals surface area contributed by atoms with Gasteiger partial charge in [0.2, 0.25) is 10.0 Å². The lowest BCUT2D eigenvalue weighted by atomic mass is 9.83. The molecule has 0 aromatic heterocycles. The highest BCUT2D eigenvalue weighted by atomic mass is 32.2. The van der Waals surface area contributed by atoms with Gasteiger partial charge in [0.05, 0.1) is 11.0 Å². The van der Waals surface area contributed by atoms with Crippen molar-refractivity contribution in [1.82, 2.24) is 4.31 Å². The average Bonchev–Trinajstić information content (AvgIpc) is 2.64. The van der Waals surface area contributed by atoms with Crippen LogP contribution in [-0.4, -0.2) is 24.2 Å². The van der Waals surface area contributed by atoms with Crippen LogP contribution in [0, 0.1) is 28.9 Å². The van der Waals surface area contributed by atoms with Crippen molar-refractivity contribution in [3.63, 3.8) is 0 Å². The molecule has 27 heavy (non-hydrogen) atoms. The van der Waals surface area contributed by atoms with Crippen LogP contribution in [0.15, 0.2) is 53.4 Å². The monoisotopic (exact) mass is 388 g/mol. The molecule has 2 aromatic carbocycles. The van der Waals surface area contributed by atoms with Crippen molar-refractivity contribution in [3.8, 4) is 0 Å². The van der Waals surface area contributed by atoms with Crippen LogP contribution in [0.4, 0.5) is 5.69 Å². The zero-order valence-electron chi connectivity index (χ0n) is 15.7. The molecule has 7 heteroatoms. The van der Waals surface area contributed by atoms with Crippen LogP contribution < -0.4 is 0 Å². The molecule has 1 fully saturated rings. The predicted octanol–water partition coefficient (Wildman–Crippen LogP) is 4.31. The van der Waals surface area contributed by atoms with Gasteiger partial charge in [0.25, 0.3) is 5.69 Å². The Labute approximate surface area is 160 Å². The molecule has 3 rings (SSSR count). The molecule has 0 saturated carbocycles. The summed E-state index contributed by atoms with van der Waals surface area (Å²) in [5, 5.41) is 11.5. The number of nitrogens with zero attached hydrogens (tertiary/aromatic N) is 2. The van der Waals surface area contributed by atoms with Gasteiger partial charge in [0, 0.05) is 12.6 Å². The van der Waals surface area contributed by atoms with Gasteiger partial charge in [-0.2, -0.15) is 4.31 Å². The minimum absolute atomic E-state index is 0.171. The number of sulfonamides is 1. The predicted molar refractivity (Wildman–Crippen MR) is 104 cm³/mol. The fraction of sp³-hybridized carbons (Fsp3) is 0.400. The zero-order valence-corrected chi connectivity index (χ0v) is 16.5. The molecule has 0 aliphatic carbocycles. The topological polar surface area (TPSA) is 80.5 Å². The Bertz CT molecular complexity index is 944. The normalized spacial score (nSPS) is 23.9. The highest BCUT2D eigenvalue weighted by Crippen LogP contribution is 2.41. The average molecular weight is 388 g/mol. The minimum atomic E-state index is -4.02. The summed E-state index contributed by atoms with van der Waals surface area (Å²) in [7, 11) is -4.02. The van der Waals surface area contributed by atoms with Gasteiger partial charge < -0.3 is 0 Å². The molecule has 1 aliphatic rings. The first kappa shape index (κ1) is 19.5. The van der Waals surface area contributed by atoms with Gasteiger partial charge in [0.15, 0.2) is 4.90 Å². The van der Waals surface area contributed by atoms with E-state index in [9.17, 15) is 18.5 Å². The van der Waals surface area contributed by atoms with Crippen molar-refractivity contribution in [1.29, 1.82) is 0 Å². The maximum Gasteiger partial charge on any atom is 0.289 e. The Balaban J connectivity index is 2.12. The summed E-state index contributed by atoms with van der Waals surface area (Å²) in [6.07, 6.45) is 0.685. The van der Waals surface area contributed by atoms with Crippen molar-refractivity contribution in [3.05, 3.63) is 69.8 Å². The van der Waals surface area contributed by atoms with Gasteiger partial charge in [-0.05, 0) is 42.4 Å². The van der Waals surface area contributed by atoms with Crippen LogP contribution in [0.5, 0.6) is 0 Å². The van der Waals surface area contributed by atoms with Crippen LogP contribution in [0.2, 0.25) is 0 Å². The van der Waals surface area contributed by atoms with E-state index in [-0.39, 0.29) is 22.5 Å². The van der Waals surface area contributed by atoms with Gasteiger partial charge >= 0.3 is 0 Å². The molecule has 144 valence electrons. The van der Waals surface area contributed by atoms with Crippen molar-refractivity contribution >= 4 is 15.7 Å². The van der Waals surface area contributed by atoms with Gasteiger partial charge in [-0.25, -0.2) is 8.42 Å². The molecule has 3 unspecified atom stereocenters. The number of piperidine rings is 1. The number of hydrogen-bond acceptors (Lipinski definition) is 4. The standard InChI is InChI=1S/C20H24N2O4S/c1-14-9-10-20(19(11-14)22(23)24)27(25,26)21-13-16(3)15(2)12-18(21)17-7-5-4-6-8-17/h4-11,15-16,18H,12-13H2,1-3H3. The van der Waals surface area contributed by atoms with E-state index in [1.807, 2.05) is 37.3 Å². The van der Waals surface area contributed by atoms with Crippen molar-refractivity contribution in [2.75, 3.05) is 6.54 Å². The number of nitro benzene ring substituents is 1. The number of aryl methyl sites for hydroxylation is 1.